The summed E-state index contributed by atoms with van der Waals surface area (Å²) in [5.41, 5.74) is 0. The molecule has 0 aliphatic carbocycles. The number of urea groups is 1. The fourth-order valence-corrected chi connectivity index (χ4v) is 3.09. The fraction of sp³-hybridized carbons (Fsp3) is 0.900. The van der Waals surface area contributed by atoms with Gasteiger partial charge in [0, 0.05) is 25.7 Å². The number of fused-ring (bicyclic) bond motifs is 3. The van der Waals surface area contributed by atoms with Crippen LogP contribution in [0.4, 0.5) is 4.79 Å². The summed E-state index contributed by atoms with van der Waals surface area (Å²) in [5.74, 6) is 0.767. The van der Waals surface area contributed by atoms with E-state index in [2.05, 4.69) is 15.1 Å². The Morgan fingerprint density at radius 3 is 2.50 bits per heavy atom. The summed E-state index contributed by atoms with van der Waals surface area (Å²) in [4.78, 5) is 16.1. The number of carbonyl (C=O) groups excluding carboxylic acids is 1. The molecule has 1 N–H and O–H groups in total. The molecular formula is C10H17N3O. The molecule has 4 rings (SSSR count). The third-order valence-electron chi connectivity index (χ3n) is 3.91. The van der Waals surface area contributed by atoms with Crippen molar-refractivity contribution in [2.24, 2.45) is 5.92 Å². The molecule has 4 aliphatic rings. The molecule has 4 heterocycles. The topological polar surface area (TPSA) is 35.6 Å². The minimum absolute atomic E-state index is 0.156. The highest BCUT2D eigenvalue weighted by Crippen LogP contribution is 2.31. The van der Waals surface area contributed by atoms with Gasteiger partial charge in [-0.05, 0) is 31.8 Å². The number of amides is 2. The minimum atomic E-state index is 0.156. The van der Waals surface area contributed by atoms with Crippen molar-refractivity contribution in [1.29, 1.82) is 0 Å². The van der Waals surface area contributed by atoms with E-state index in [1.165, 1.54) is 25.9 Å². The van der Waals surface area contributed by atoms with Crippen LogP contribution in [0.1, 0.15) is 12.8 Å². The van der Waals surface area contributed by atoms with Crippen LogP contribution < -0.4 is 5.32 Å². The lowest BCUT2D eigenvalue weighted by atomic mass is 9.83. The Morgan fingerprint density at radius 1 is 1.21 bits per heavy atom. The van der Waals surface area contributed by atoms with Gasteiger partial charge in [-0.15, -0.1) is 0 Å². The molecule has 0 spiro atoms. The first-order chi connectivity index (χ1) is 6.84. The molecule has 2 amide bonds. The lowest BCUT2D eigenvalue weighted by molar-refractivity contribution is 0.0297. The number of carbonyl (C=O) groups is 1. The molecule has 4 nitrogen and oxygen atoms in total. The van der Waals surface area contributed by atoms with Gasteiger partial charge in [-0.1, -0.05) is 0 Å². The molecule has 2 bridgehead atoms. The number of rotatable bonds is 1. The molecule has 78 valence electrons. The van der Waals surface area contributed by atoms with E-state index < -0.39 is 0 Å². The highest BCUT2D eigenvalue weighted by molar-refractivity contribution is 5.76. The number of hydrogen-bond acceptors (Lipinski definition) is 2. The van der Waals surface area contributed by atoms with Crippen LogP contribution >= 0.6 is 0 Å². The molecule has 14 heavy (non-hydrogen) atoms. The summed E-state index contributed by atoms with van der Waals surface area (Å²) in [6.45, 7) is 5.35. The van der Waals surface area contributed by atoms with Crippen LogP contribution in [0.5, 0.6) is 0 Å². The van der Waals surface area contributed by atoms with Crippen molar-refractivity contribution in [3.63, 3.8) is 0 Å². The second-order valence-corrected chi connectivity index (χ2v) is 4.63. The van der Waals surface area contributed by atoms with Gasteiger partial charge in [-0.2, -0.15) is 0 Å². The molecule has 0 aromatic carbocycles. The molecule has 1 unspecified atom stereocenters. The smallest absolute Gasteiger partial charge is 0.317 e. The summed E-state index contributed by atoms with van der Waals surface area (Å²) in [6, 6.07) is 0.656. The first kappa shape index (κ1) is 8.53. The Kier molecular flexibility index (Phi) is 1.90. The van der Waals surface area contributed by atoms with E-state index in [9.17, 15) is 4.79 Å². The molecule has 4 fully saturated rings. The Hall–Kier alpha value is -0.770. The van der Waals surface area contributed by atoms with Gasteiger partial charge in [0.15, 0.2) is 0 Å². The van der Waals surface area contributed by atoms with Crippen molar-refractivity contribution in [3.05, 3.63) is 0 Å². The zero-order chi connectivity index (χ0) is 9.54. The van der Waals surface area contributed by atoms with E-state index in [0.717, 1.165) is 25.6 Å². The Bertz CT molecular complexity index is 248. The summed E-state index contributed by atoms with van der Waals surface area (Å²) < 4.78 is 0. The van der Waals surface area contributed by atoms with Crippen molar-refractivity contribution >= 4 is 6.03 Å². The fourth-order valence-electron chi connectivity index (χ4n) is 3.09. The Labute approximate surface area is 84.2 Å². The van der Waals surface area contributed by atoms with Crippen molar-refractivity contribution in [3.8, 4) is 0 Å². The van der Waals surface area contributed by atoms with Crippen molar-refractivity contribution in [2.75, 3.05) is 32.7 Å². The van der Waals surface area contributed by atoms with Crippen molar-refractivity contribution in [2.45, 2.75) is 18.9 Å². The van der Waals surface area contributed by atoms with E-state index in [0.29, 0.717) is 6.04 Å². The monoisotopic (exact) mass is 195 g/mol. The molecule has 4 aliphatic heterocycles. The van der Waals surface area contributed by atoms with Gasteiger partial charge in [0.1, 0.15) is 0 Å². The normalized spacial score (nSPS) is 41.6. The van der Waals surface area contributed by atoms with Crippen LogP contribution in [-0.4, -0.2) is 54.6 Å². The lowest BCUT2D eigenvalue weighted by Crippen LogP contribution is -2.57. The predicted molar refractivity (Wildman–Crippen MR) is 53.1 cm³/mol. The van der Waals surface area contributed by atoms with Crippen LogP contribution in [0.25, 0.3) is 0 Å². The van der Waals surface area contributed by atoms with Crippen LogP contribution in [0.2, 0.25) is 0 Å². The van der Waals surface area contributed by atoms with Gasteiger partial charge in [0.2, 0.25) is 0 Å². The van der Waals surface area contributed by atoms with E-state index in [-0.39, 0.29) is 6.03 Å². The van der Waals surface area contributed by atoms with Crippen LogP contribution in [0.15, 0.2) is 0 Å². The predicted octanol–water partition coefficient (Wildman–Crippen LogP) is 0.106. The summed E-state index contributed by atoms with van der Waals surface area (Å²) in [6.07, 6.45) is 2.57. The summed E-state index contributed by atoms with van der Waals surface area (Å²) in [7, 11) is 0. The van der Waals surface area contributed by atoms with Gasteiger partial charge in [0.25, 0.3) is 0 Å². The summed E-state index contributed by atoms with van der Waals surface area (Å²) >= 11 is 0. The van der Waals surface area contributed by atoms with Crippen LogP contribution in [-0.2, 0) is 0 Å². The molecule has 4 heteroatoms. The largest absolute Gasteiger partial charge is 0.336 e. The van der Waals surface area contributed by atoms with Crippen molar-refractivity contribution in [1.82, 2.24) is 15.1 Å². The zero-order valence-corrected chi connectivity index (χ0v) is 8.41. The highest BCUT2D eigenvalue weighted by Gasteiger charge is 2.40. The van der Waals surface area contributed by atoms with E-state index in [4.69, 9.17) is 0 Å². The Morgan fingerprint density at radius 2 is 2.00 bits per heavy atom. The Balaban J connectivity index is 1.75. The number of piperidine rings is 3. The maximum Gasteiger partial charge on any atom is 0.317 e. The maximum atomic E-state index is 11.5. The van der Waals surface area contributed by atoms with Crippen LogP contribution in [0.3, 0.4) is 0 Å². The standard InChI is InChI=1S/C10H17N3O/c14-10-11-3-6-13(10)9-7-12-4-1-8(9)2-5-12/h8-9H,1-7H2,(H,11,14). The van der Waals surface area contributed by atoms with E-state index in [1.54, 1.807) is 0 Å². The molecule has 0 saturated carbocycles. The third-order valence-corrected chi connectivity index (χ3v) is 3.91. The molecule has 0 aromatic rings. The number of nitrogens with one attached hydrogen (secondary N) is 1. The van der Waals surface area contributed by atoms with Gasteiger partial charge < -0.3 is 15.1 Å². The second kappa shape index (κ2) is 3.12. The van der Waals surface area contributed by atoms with Crippen LogP contribution in [0, 0.1) is 5.92 Å². The average Bonchev–Trinajstić information content (AvgIpc) is 2.66. The molecular weight excluding hydrogens is 178 g/mol. The zero-order valence-electron chi connectivity index (χ0n) is 8.41. The number of hydrogen-bond donors (Lipinski definition) is 1. The first-order valence-corrected chi connectivity index (χ1v) is 5.61. The minimum Gasteiger partial charge on any atom is -0.336 e. The number of nitrogens with zero attached hydrogens (tertiary/aromatic N) is 2. The van der Waals surface area contributed by atoms with Crippen molar-refractivity contribution < 1.29 is 4.79 Å². The van der Waals surface area contributed by atoms with Gasteiger partial charge in [-0.3, -0.25) is 0 Å². The molecule has 0 aromatic heterocycles. The highest BCUT2D eigenvalue weighted by atomic mass is 16.2. The van der Waals surface area contributed by atoms with E-state index >= 15 is 0 Å². The van der Waals surface area contributed by atoms with E-state index in [1.807, 2.05) is 0 Å². The average molecular weight is 195 g/mol. The SMILES string of the molecule is O=C1NCCN1C1CN2CCC1CC2. The lowest BCUT2D eigenvalue weighted by Gasteiger charge is -2.47. The van der Waals surface area contributed by atoms with Gasteiger partial charge in [-0.25, -0.2) is 4.79 Å². The second-order valence-electron chi connectivity index (χ2n) is 4.63. The molecule has 4 saturated heterocycles. The third kappa shape index (κ3) is 1.21. The van der Waals surface area contributed by atoms with Gasteiger partial charge >= 0.3 is 6.03 Å². The molecule has 0 radical (unpaired) electrons. The quantitative estimate of drug-likeness (QED) is 0.644. The first-order valence-electron chi connectivity index (χ1n) is 5.61. The summed E-state index contributed by atoms with van der Waals surface area (Å²) in [5, 5.41) is 2.89. The maximum absolute atomic E-state index is 11.5. The van der Waals surface area contributed by atoms with Gasteiger partial charge in [0.05, 0.1) is 0 Å². The molecule has 1 atom stereocenters.